The zero-order chi connectivity index (χ0) is 4.99. The molecule has 0 aliphatic heterocycles. The quantitative estimate of drug-likeness (QED) is 0.162. The molecule has 0 aliphatic rings. The van der Waals surface area contributed by atoms with E-state index in [2.05, 4.69) is 5.84 Å². The van der Waals surface area contributed by atoms with Crippen molar-refractivity contribution in [2.45, 2.75) is 0 Å². The Labute approximate surface area is 34.2 Å². The lowest BCUT2D eigenvalue weighted by molar-refractivity contribution is -0.131. The molecule has 0 saturated carbocycles. The molecule has 0 aliphatic carbocycles. The third kappa shape index (κ3) is 1.65. The minimum Gasteiger partial charge on any atom is -0.296 e. The number of rotatable bonds is 2. The van der Waals surface area contributed by atoms with Gasteiger partial charge in [0.25, 0.3) is 0 Å². The molecule has 0 radical (unpaired) electrons. The topological polar surface area (TPSA) is 78.6 Å². The number of hydrogen-bond donors (Lipinski definition) is 3. The molecule has 0 unspecified atom stereocenters. The van der Waals surface area contributed by atoms with E-state index in [9.17, 15) is 4.79 Å². The lowest BCUT2D eigenvalue weighted by Gasteiger charge is -2.01. The van der Waals surface area contributed by atoms with Crippen LogP contribution in [0.5, 0.6) is 0 Å². The standard InChI is InChI=1S/CH5N3O2/c2-4(1-5)3-6/h1,3,6H,2H2. The number of amides is 1. The van der Waals surface area contributed by atoms with Crippen molar-refractivity contribution in [3.05, 3.63) is 0 Å². The van der Waals surface area contributed by atoms with Gasteiger partial charge >= 0.3 is 0 Å². The van der Waals surface area contributed by atoms with Crippen LogP contribution in [0.25, 0.3) is 0 Å². The van der Waals surface area contributed by atoms with Gasteiger partial charge in [0.1, 0.15) is 0 Å². The number of hydrogen-bond acceptors (Lipinski definition) is 4. The van der Waals surface area contributed by atoms with Crippen LogP contribution in [0.15, 0.2) is 0 Å². The first kappa shape index (κ1) is 5.35. The number of nitrogens with two attached hydrogens (primary N) is 1. The van der Waals surface area contributed by atoms with Crippen LogP contribution in [0, 0.1) is 0 Å². The monoisotopic (exact) mass is 91.0 g/mol. The van der Waals surface area contributed by atoms with Crippen molar-refractivity contribution in [3.63, 3.8) is 0 Å². The number of carbonyl (C=O) groups excluding carboxylic acids is 1. The van der Waals surface area contributed by atoms with Crippen molar-refractivity contribution in [2.75, 3.05) is 0 Å². The minimum atomic E-state index is 0.222. The average Bonchev–Trinajstić information content (AvgIpc) is 1.65. The van der Waals surface area contributed by atoms with Crippen molar-refractivity contribution < 1.29 is 10.0 Å². The van der Waals surface area contributed by atoms with Gasteiger partial charge < -0.3 is 0 Å². The number of hydrazine groups is 2. The highest BCUT2D eigenvalue weighted by atomic mass is 16.5. The second kappa shape index (κ2) is 2.58. The van der Waals surface area contributed by atoms with Crippen molar-refractivity contribution >= 4 is 6.41 Å². The van der Waals surface area contributed by atoms with Crippen LogP contribution in [0.4, 0.5) is 0 Å². The van der Waals surface area contributed by atoms with Gasteiger partial charge in [-0.05, 0) is 0 Å². The highest BCUT2D eigenvalue weighted by Crippen LogP contribution is 1.44. The summed E-state index contributed by atoms with van der Waals surface area (Å²) in [6.07, 6.45) is 0.222. The number of nitrogens with zero attached hydrogens (tertiary/aromatic N) is 1. The molecule has 5 heteroatoms. The molecule has 0 bridgehead atoms. The molecular formula is CH5N3O2. The Morgan fingerprint density at radius 3 is 2.50 bits per heavy atom. The van der Waals surface area contributed by atoms with E-state index in [1.807, 2.05) is 0 Å². The molecule has 0 fully saturated rings. The average molecular weight is 91.1 g/mol. The molecular weight excluding hydrogens is 86.0 g/mol. The Bertz CT molecular complexity index is 46.1. The van der Waals surface area contributed by atoms with Gasteiger partial charge in [0, 0.05) is 0 Å². The third-order valence-electron chi connectivity index (χ3n) is 0.229. The van der Waals surface area contributed by atoms with Crippen molar-refractivity contribution in [1.29, 1.82) is 0 Å². The van der Waals surface area contributed by atoms with Gasteiger partial charge in [-0.3, -0.25) is 10.0 Å². The first-order chi connectivity index (χ1) is 2.81. The molecule has 0 aromatic carbocycles. The smallest absolute Gasteiger partial charge is 0.240 e. The number of nitrogens with one attached hydrogen (secondary N) is 1. The Morgan fingerprint density at radius 1 is 2.00 bits per heavy atom. The zero-order valence-electron chi connectivity index (χ0n) is 2.96. The highest BCUT2D eigenvalue weighted by molar-refractivity contribution is 5.44. The van der Waals surface area contributed by atoms with Crippen LogP contribution < -0.4 is 11.4 Å². The van der Waals surface area contributed by atoms with Crippen LogP contribution in [0.1, 0.15) is 0 Å². The van der Waals surface area contributed by atoms with Gasteiger partial charge in [-0.2, -0.15) is 5.12 Å². The van der Waals surface area contributed by atoms with Crippen molar-refractivity contribution in [2.24, 2.45) is 5.84 Å². The molecule has 6 heavy (non-hydrogen) atoms. The summed E-state index contributed by atoms with van der Waals surface area (Å²) in [5.74, 6) is 4.58. The van der Waals surface area contributed by atoms with E-state index in [1.165, 1.54) is 5.59 Å². The maximum Gasteiger partial charge on any atom is 0.240 e. The van der Waals surface area contributed by atoms with Crippen molar-refractivity contribution in [1.82, 2.24) is 10.7 Å². The van der Waals surface area contributed by atoms with Gasteiger partial charge in [-0.1, -0.05) is 5.59 Å². The van der Waals surface area contributed by atoms with E-state index >= 15 is 0 Å². The highest BCUT2D eigenvalue weighted by Gasteiger charge is 1.79. The number of carbonyl (C=O) groups is 1. The Balaban J connectivity index is 2.96. The molecule has 0 aromatic rings. The molecule has 0 atom stereocenters. The predicted octanol–water partition coefficient (Wildman–Crippen LogP) is -1.79. The van der Waals surface area contributed by atoms with Crippen LogP contribution in [0.2, 0.25) is 0 Å². The normalized spacial score (nSPS) is 7.67. The van der Waals surface area contributed by atoms with Crippen LogP contribution in [0.3, 0.4) is 0 Å². The van der Waals surface area contributed by atoms with Gasteiger partial charge in [-0.25, -0.2) is 5.84 Å². The molecule has 0 saturated heterocycles. The fourth-order valence-electron chi connectivity index (χ4n) is 0.0236. The second-order valence-corrected chi connectivity index (χ2v) is 0.613. The summed E-state index contributed by atoms with van der Waals surface area (Å²) in [4.78, 5) is 9.31. The van der Waals surface area contributed by atoms with E-state index in [-0.39, 0.29) is 6.41 Å². The zero-order valence-corrected chi connectivity index (χ0v) is 2.96. The first-order valence-electron chi connectivity index (χ1n) is 1.20. The summed E-state index contributed by atoms with van der Waals surface area (Å²) in [5.41, 5.74) is 1.36. The summed E-state index contributed by atoms with van der Waals surface area (Å²) in [6, 6.07) is 0. The van der Waals surface area contributed by atoms with Gasteiger partial charge in [0.15, 0.2) is 0 Å². The Morgan fingerprint density at radius 2 is 2.50 bits per heavy atom. The molecule has 0 heterocycles. The molecule has 1 amide bonds. The lowest BCUT2D eigenvalue weighted by Crippen LogP contribution is -2.40. The summed E-state index contributed by atoms with van der Waals surface area (Å²) < 4.78 is 0. The molecule has 0 rings (SSSR count). The first-order valence-corrected chi connectivity index (χ1v) is 1.20. The van der Waals surface area contributed by atoms with E-state index in [0.717, 1.165) is 0 Å². The molecule has 5 nitrogen and oxygen atoms in total. The van der Waals surface area contributed by atoms with Crippen LogP contribution >= 0.6 is 0 Å². The van der Waals surface area contributed by atoms with Gasteiger partial charge in [-0.15, -0.1) is 0 Å². The molecule has 4 N–H and O–H groups in total. The SMILES string of the molecule is NN(C=O)NO. The third-order valence-corrected chi connectivity index (χ3v) is 0.229. The molecule has 0 spiro atoms. The summed E-state index contributed by atoms with van der Waals surface area (Å²) in [7, 11) is 0. The maximum atomic E-state index is 9.31. The van der Waals surface area contributed by atoms with E-state index in [0.29, 0.717) is 5.12 Å². The van der Waals surface area contributed by atoms with Crippen molar-refractivity contribution in [3.8, 4) is 0 Å². The largest absolute Gasteiger partial charge is 0.296 e. The second-order valence-electron chi connectivity index (χ2n) is 0.613. The van der Waals surface area contributed by atoms with Gasteiger partial charge in [0.05, 0.1) is 0 Å². The van der Waals surface area contributed by atoms with E-state index in [4.69, 9.17) is 5.21 Å². The van der Waals surface area contributed by atoms with Crippen LogP contribution in [-0.4, -0.2) is 16.7 Å². The fraction of sp³-hybridized carbons (Fsp3) is 0. The molecule has 0 aromatic heterocycles. The van der Waals surface area contributed by atoms with E-state index in [1.54, 1.807) is 0 Å². The van der Waals surface area contributed by atoms with Gasteiger partial charge in [0.2, 0.25) is 6.41 Å². The van der Waals surface area contributed by atoms with Crippen LogP contribution in [-0.2, 0) is 4.79 Å². The molecule has 36 valence electrons. The summed E-state index contributed by atoms with van der Waals surface area (Å²) in [6.45, 7) is 0. The Kier molecular flexibility index (Phi) is 2.30. The minimum absolute atomic E-state index is 0.222. The Hall–Kier alpha value is -0.650. The fourth-order valence-corrected chi connectivity index (χ4v) is 0.0236. The summed E-state index contributed by atoms with van der Waals surface area (Å²) >= 11 is 0. The predicted molar refractivity (Wildman–Crippen MR) is 17.0 cm³/mol. The van der Waals surface area contributed by atoms with E-state index < -0.39 is 0 Å². The lowest BCUT2D eigenvalue weighted by atomic mass is 11.4. The summed E-state index contributed by atoms with van der Waals surface area (Å²) in [5, 5.41) is 8.03. The maximum absolute atomic E-state index is 9.31.